The molecule has 8 nitrogen and oxygen atoms in total. The largest absolute Gasteiger partial charge is 0.460 e. The SMILES string of the molecule is CN(CCOCCOCCOC(=O)c1ccccc1Nc1cccc(C(F)(F)F)c1)C(=O)OCC1c2ccccc2-c2ccccc21. The van der Waals surface area contributed by atoms with E-state index in [9.17, 15) is 22.8 Å². The minimum absolute atomic E-state index is 0.0108. The summed E-state index contributed by atoms with van der Waals surface area (Å²) in [6.07, 6.45) is -4.91. The van der Waals surface area contributed by atoms with Gasteiger partial charge < -0.3 is 29.2 Å². The Morgan fingerprint density at radius 1 is 0.745 bits per heavy atom. The molecular weight excluding hydrogens is 613 g/mol. The normalized spacial score (nSPS) is 12.3. The number of likely N-dealkylation sites (N-methyl/N-ethyl adjacent to an activating group) is 1. The fourth-order valence-electron chi connectivity index (χ4n) is 5.29. The lowest BCUT2D eigenvalue weighted by Crippen LogP contribution is -2.32. The second-order valence-electron chi connectivity index (χ2n) is 10.8. The third-order valence-electron chi connectivity index (χ3n) is 7.67. The molecule has 0 atom stereocenters. The number of anilines is 2. The van der Waals surface area contributed by atoms with Crippen molar-refractivity contribution < 1.29 is 41.7 Å². The van der Waals surface area contributed by atoms with Crippen LogP contribution in [0.25, 0.3) is 11.1 Å². The van der Waals surface area contributed by atoms with Crippen LogP contribution in [0, 0.1) is 0 Å². The van der Waals surface area contributed by atoms with Gasteiger partial charge in [-0.1, -0.05) is 66.7 Å². The molecule has 1 aliphatic rings. The number of para-hydroxylation sites is 1. The van der Waals surface area contributed by atoms with Gasteiger partial charge in [-0.25, -0.2) is 9.59 Å². The average Bonchev–Trinajstić information content (AvgIpc) is 3.39. The zero-order chi connectivity index (χ0) is 33.2. The Morgan fingerprint density at radius 3 is 2.06 bits per heavy atom. The Balaban J connectivity index is 0.956. The number of hydrogen-bond donors (Lipinski definition) is 1. The van der Waals surface area contributed by atoms with Crippen molar-refractivity contribution in [2.24, 2.45) is 0 Å². The van der Waals surface area contributed by atoms with E-state index in [0.29, 0.717) is 12.2 Å². The van der Waals surface area contributed by atoms with Crippen molar-refractivity contribution >= 4 is 23.4 Å². The first kappa shape index (κ1) is 33.5. The van der Waals surface area contributed by atoms with Gasteiger partial charge in [-0.3, -0.25) is 0 Å². The van der Waals surface area contributed by atoms with Crippen LogP contribution in [-0.2, 0) is 25.1 Å². The highest BCUT2D eigenvalue weighted by Gasteiger charge is 2.31. The van der Waals surface area contributed by atoms with Gasteiger partial charge in [0.05, 0.1) is 43.2 Å². The minimum atomic E-state index is -4.48. The first-order chi connectivity index (χ1) is 22.7. The van der Waals surface area contributed by atoms with Crippen molar-refractivity contribution in [2.45, 2.75) is 12.1 Å². The lowest BCUT2D eigenvalue weighted by Gasteiger charge is -2.19. The van der Waals surface area contributed by atoms with Crippen molar-refractivity contribution in [3.05, 3.63) is 119 Å². The van der Waals surface area contributed by atoms with E-state index >= 15 is 0 Å². The van der Waals surface area contributed by atoms with Gasteiger partial charge >= 0.3 is 18.2 Å². The Kier molecular flexibility index (Phi) is 11.1. The van der Waals surface area contributed by atoms with Crippen LogP contribution >= 0.6 is 0 Å². The quantitative estimate of drug-likeness (QED) is 0.112. The number of nitrogens with zero attached hydrogens (tertiary/aromatic N) is 1. The van der Waals surface area contributed by atoms with Gasteiger partial charge in [-0.05, 0) is 52.6 Å². The number of rotatable bonds is 14. The second-order valence-corrected chi connectivity index (χ2v) is 10.8. The van der Waals surface area contributed by atoms with Crippen LogP contribution in [-0.4, -0.2) is 70.2 Å². The number of ether oxygens (including phenoxy) is 4. The van der Waals surface area contributed by atoms with Crippen molar-refractivity contribution in [3.63, 3.8) is 0 Å². The zero-order valence-corrected chi connectivity index (χ0v) is 25.8. The van der Waals surface area contributed by atoms with Crippen LogP contribution < -0.4 is 5.32 Å². The molecule has 0 fully saturated rings. The summed E-state index contributed by atoms with van der Waals surface area (Å²) in [6, 6.07) is 27.4. The van der Waals surface area contributed by atoms with Gasteiger partial charge in [0, 0.05) is 25.2 Å². The van der Waals surface area contributed by atoms with Gasteiger partial charge in [-0.2, -0.15) is 13.2 Å². The summed E-state index contributed by atoms with van der Waals surface area (Å²) in [5.74, 6) is -0.653. The topological polar surface area (TPSA) is 86.3 Å². The molecule has 1 amide bonds. The highest BCUT2D eigenvalue weighted by molar-refractivity contribution is 5.96. The van der Waals surface area contributed by atoms with Gasteiger partial charge in [0.15, 0.2) is 0 Å². The molecule has 0 saturated carbocycles. The second kappa shape index (κ2) is 15.6. The Morgan fingerprint density at radius 2 is 1.36 bits per heavy atom. The molecule has 1 N–H and O–H groups in total. The lowest BCUT2D eigenvalue weighted by atomic mass is 9.98. The van der Waals surface area contributed by atoms with E-state index in [1.807, 2.05) is 24.3 Å². The molecule has 0 radical (unpaired) electrons. The molecule has 4 aromatic carbocycles. The van der Waals surface area contributed by atoms with Crippen LogP contribution in [0.1, 0.15) is 33.0 Å². The first-order valence-corrected chi connectivity index (χ1v) is 15.1. The predicted octanol–water partition coefficient (Wildman–Crippen LogP) is 7.52. The highest BCUT2D eigenvalue weighted by Crippen LogP contribution is 2.44. The van der Waals surface area contributed by atoms with E-state index in [1.54, 1.807) is 25.2 Å². The molecule has 0 saturated heterocycles. The van der Waals surface area contributed by atoms with Crippen molar-refractivity contribution in [1.29, 1.82) is 0 Å². The molecule has 47 heavy (non-hydrogen) atoms. The molecule has 0 bridgehead atoms. The average molecular weight is 649 g/mol. The molecule has 246 valence electrons. The highest BCUT2D eigenvalue weighted by atomic mass is 19.4. The third kappa shape index (κ3) is 8.69. The molecule has 0 unspecified atom stereocenters. The smallest absolute Gasteiger partial charge is 0.416 e. The third-order valence-corrected chi connectivity index (χ3v) is 7.67. The number of fused-ring (bicyclic) bond motifs is 3. The molecule has 1 aliphatic carbocycles. The number of alkyl halides is 3. The molecule has 5 rings (SSSR count). The maximum Gasteiger partial charge on any atom is 0.416 e. The summed E-state index contributed by atoms with van der Waals surface area (Å²) in [4.78, 5) is 26.7. The fourth-order valence-corrected chi connectivity index (χ4v) is 5.29. The molecule has 4 aromatic rings. The number of carbonyl (C=O) groups is 2. The van der Waals surface area contributed by atoms with Crippen molar-refractivity contribution in [3.8, 4) is 11.1 Å². The van der Waals surface area contributed by atoms with Gasteiger partial charge in [0.25, 0.3) is 0 Å². The van der Waals surface area contributed by atoms with E-state index < -0.39 is 23.8 Å². The minimum Gasteiger partial charge on any atom is -0.460 e. The van der Waals surface area contributed by atoms with E-state index in [4.69, 9.17) is 18.9 Å². The fraction of sp³-hybridized carbons (Fsp3) is 0.278. The van der Waals surface area contributed by atoms with Gasteiger partial charge in [0.2, 0.25) is 0 Å². The van der Waals surface area contributed by atoms with Crippen molar-refractivity contribution in [2.75, 3.05) is 58.6 Å². The Hall–Kier alpha value is -4.87. The number of halogens is 3. The Bertz CT molecular complexity index is 1630. The summed E-state index contributed by atoms with van der Waals surface area (Å²) < 4.78 is 61.2. The summed E-state index contributed by atoms with van der Waals surface area (Å²) in [5, 5.41) is 2.86. The van der Waals surface area contributed by atoms with E-state index in [2.05, 4.69) is 29.6 Å². The number of carbonyl (C=O) groups excluding carboxylic acids is 2. The summed E-state index contributed by atoms with van der Waals surface area (Å²) >= 11 is 0. The van der Waals surface area contributed by atoms with Gasteiger partial charge in [-0.15, -0.1) is 0 Å². The van der Waals surface area contributed by atoms with E-state index in [0.717, 1.165) is 23.3 Å². The molecule has 11 heteroatoms. The first-order valence-electron chi connectivity index (χ1n) is 15.1. The Labute approximate surface area is 271 Å². The zero-order valence-electron chi connectivity index (χ0n) is 25.8. The molecule has 0 aliphatic heterocycles. The monoisotopic (exact) mass is 648 g/mol. The van der Waals surface area contributed by atoms with E-state index in [-0.39, 0.29) is 56.8 Å². The maximum atomic E-state index is 13.1. The standard InChI is InChI=1S/C36H35F3N2O6/c1-41(35(43)47-24-32-29-13-4-2-11-27(29)28-12-3-5-14-30(28)32)17-18-44-19-20-45-21-22-46-34(42)31-15-6-7-16-33(31)40-26-10-8-9-25(23-26)36(37,38)39/h2-16,23,32,40H,17-22,24H2,1H3. The summed E-state index contributed by atoms with van der Waals surface area (Å²) in [6.45, 7) is 1.49. The molecule has 0 spiro atoms. The molecule has 0 aromatic heterocycles. The number of amides is 1. The van der Waals surface area contributed by atoms with Crippen LogP contribution in [0.15, 0.2) is 97.1 Å². The number of benzene rings is 4. The van der Waals surface area contributed by atoms with Crippen LogP contribution in [0.2, 0.25) is 0 Å². The van der Waals surface area contributed by atoms with Crippen LogP contribution in [0.5, 0.6) is 0 Å². The van der Waals surface area contributed by atoms with Crippen LogP contribution in [0.3, 0.4) is 0 Å². The lowest BCUT2D eigenvalue weighted by molar-refractivity contribution is -0.137. The van der Waals surface area contributed by atoms with E-state index in [1.165, 1.54) is 34.2 Å². The number of hydrogen-bond acceptors (Lipinski definition) is 7. The van der Waals surface area contributed by atoms with Gasteiger partial charge in [0.1, 0.15) is 13.2 Å². The molecule has 0 heterocycles. The summed E-state index contributed by atoms with van der Waals surface area (Å²) in [7, 11) is 1.65. The summed E-state index contributed by atoms with van der Waals surface area (Å²) in [5.41, 5.74) is 4.51. The molecular formula is C36H35F3N2O6. The maximum absolute atomic E-state index is 13.1. The number of nitrogens with one attached hydrogen (secondary N) is 1. The van der Waals surface area contributed by atoms with Crippen LogP contribution in [0.4, 0.5) is 29.3 Å². The number of esters is 1. The predicted molar refractivity (Wildman–Crippen MR) is 171 cm³/mol. The van der Waals surface area contributed by atoms with Crippen molar-refractivity contribution in [1.82, 2.24) is 4.90 Å².